The number of benzene rings is 1. The SMILES string of the molecule is CCC(CC)C(=O)NCC(O)c1ccc(F)c(F)c1. The molecule has 5 heteroatoms. The molecule has 0 radical (unpaired) electrons. The molecule has 1 unspecified atom stereocenters. The van der Waals surface area contributed by atoms with Crippen molar-refractivity contribution in [3.05, 3.63) is 35.4 Å². The van der Waals surface area contributed by atoms with E-state index in [1.54, 1.807) is 0 Å². The van der Waals surface area contributed by atoms with E-state index in [1.165, 1.54) is 6.07 Å². The third-order valence-electron chi connectivity index (χ3n) is 3.15. The minimum Gasteiger partial charge on any atom is -0.387 e. The smallest absolute Gasteiger partial charge is 0.223 e. The van der Waals surface area contributed by atoms with Gasteiger partial charge in [0.05, 0.1) is 6.10 Å². The molecule has 0 aliphatic carbocycles. The molecule has 0 aliphatic heterocycles. The van der Waals surface area contributed by atoms with Gasteiger partial charge in [0.2, 0.25) is 5.91 Å². The highest BCUT2D eigenvalue weighted by Gasteiger charge is 2.16. The van der Waals surface area contributed by atoms with Gasteiger partial charge in [-0.05, 0) is 30.5 Å². The number of halogens is 2. The minimum absolute atomic E-state index is 0.0135. The van der Waals surface area contributed by atoms with Gasteiger partial charge in [0, 0.05) is 12.5 Å². The van der Waals surface area contributed by atoms with Crippen LogP contribution in [0.25, 0.3) is 0 Å². The zero-order valence-corrected chi connectivity index (χ0v) is 11.1. The number of hydrogen-bond donors (Lipinski definition) is 2. The van der Waals surface area contributed by atoms with Crippen LogP contribution in [0.5, 0.6) is 0 Å². The maximum Gasteiger partial charge on any atom is 0.223 e. The van der Waals surface area contributed by atoms with E-state index in [0.29, 0.717) is 0 Å². The standard InChI is InChI=1S/C14H19F2NO2/c1-3-9(4-2)14(19)17-8-13(18)10-5-6-11(15)12(16)7-10/h5-7,9,13,18H,3-4,8H2,1-2H3,(H,17,19). The van der Waals surface area contributed by atoms with Crippen LogP contribution in [0.1, 0.15) is 38.4 Å². The first-order valence-corrected chi connectivity index (χ1v) is 6.40. The molecule has 1 aromatic rings. The molecule has 0 aromatic heterocycles. The Hall–Kier alpha value is -1.49. The number of aliphatic hydroxyl groups is 1. The average Bonchev–Trinajstić information content (AvgIpc) is 2.40. The molecule has 0 saturated heterocycles. The predicted molar refractivity (Wildman–Crippen MR) is 68.4 cm³/mol. The van der Waals surface area contributed by atoms with Crippen molar-refractivity contribution in [3.8, 4) is 0 Å². The van der Waals surface area contributed by atoms with Crippen LogP contribution in [0.4, 0.5) is 8.78 Å². The second-order valence-electron chi connectivity index (χ2n) is 4.45. The Kier molecular flexibility index (Phi) is 5.89. The molecule has 2 N–H and O–H groups in total. The van der Waals surface area contributed by atoms with Crippen molar-refractivity contribution in [2.24, 2.45) is 5.92 Å². The molecule has 1 atom stereocenters. The van der Waals surface area contributed by atoms with Crippen molar-refractivity contribution in [1.29, 1.82) is 0 Å². The highest BCUT2D eigenvalue weighted by atomic mass is 19.2. The van der Waals surface area contributed by atoms with E-state index in [1.807, 2.05) is 13.8 Å². The number of aliphatic hydroxyl groups excluding tert-OH is 1. The molecule has 1 amide bonds. The largest absolute Gasteiger partial charge is 0.387 e. The molecular formula is C14H19F2NO2. The summed E-state index contributed by atoms with van der Waals surface area (Å²) in [5.74, 6) is -2.19. The zero-order chi connectivity index (χ0) is 14.4. The number of carbonyl (C=O) groups is 1. The van der Waals surface area contributed by atoms with Crippen molar-refractivity contribution < 1.29 is 18.7 Å². The summed E-state index contributed by atoms with van der Waals surface area (Å²) >= 11 is 0. The van der Waals surface area contributed by atoms with Gasteiger partial charge in [-0.1, -0.05) is 19.9 Å². The van der Waals surface area contributed by atoms with Crippen LogP contribution >= 0.6 is 0 Å². The van der Waals surface area contributed by atoms with E-state index in [-0.39, 0.29) is 23.9 Å². The second-order valence-corrected chi connectivity index (χ2v) is 4.45. The predicted octanol–water partition coefficient (Wildman–Crippen LogP) is 2.55. The van der Waals surface area contributed by atoms with Crippen molar-refractivity contribution in [1.82, 2.24) is 5.32 Å². The maximum absolute atomic E-state index is 13.0. The number of carbonyl (C=O) groups excluding carboxylic acids is 1. The van der Waals surface area contributed by atoms with Crippen LogP contribution in [-0.4, -0.2) is 17.6 Å². The Morgan fingerprint density at radius 2 is 1.89 bits per heavy atom. The summed E-state index contributed by atoms with van der Waals surface area (Å²) in [4.78, 5) is 11.7. The monoisotopic (exact) mass is 271 g/mol. The van der Waals surface area contributed by atoms with E-state index in [9.17, 15) is 18.7 Å². The highest BCUT2D eigenvalue weighted by molar-refractivity contribution is 5.78. The van der Waals surface area contributed by atoms with Crippen LogP contribution in [0, 0.1) is 17.6 Å². The summed E-state index contributed by atoms with van der Waals surface area (Å²) in [5, 5.41) is 12.4. The van der Waals surface area contributed by atoms with Gasteiger partial charge in [0.25, 0.3) is 0 Å². The highest BCUT2D eigenvalue weighted by Crippen LogP contribution is 2.16. The van der Waals surface area contributed by atoms with E-state index in [2.05, 4.69) is 5.32 Å². The van der Waals surface area contributed by atoms with Crippen molar-refractivity contribution in [2.45, 2.75) is 32.8 Å². The first-order valence-electron chi connectivity index (χ1n) is 6.40. The van der Waals surface area contributed by atoms with Crippen LogP contribution in [0.15, 0.2) is 18.2 Å². The molecule has 1 aromatic carbocycles. The lowest BCUT2D eigenvalue weighted by molar-refractivity contribution is -0.125. The summed E-state index contributed by atoms with van der Waals surface area (Å²) in [5.41, 5.74) is 0.240. The molecule has 0 aliphatic rings. The molecule has 19 heavy (non-hydrogen) atoms. The van der Waals surface area contributed by atoms with Crippen molar-refractivity contribution in [3.63, 3.8) is 0 Å². The van der Waals surface area contributed by atoms with Gasteiger partial charge in [0.15, 0.2) is 11.6 Å². The fourth-order valence-electron chi connectivity index (χ4n) is 1.84. The summed E-state index contributed by atoms with van der Waals surface area (Å²) in [7, 11) is 0. The lowest BCUT2D eigenvalue weighted by Crippen LogP contribution is -2.33. The summed E-state index contributed by atoms with van der Waals surface area (Å²) in [6, 6.07) is 3.19. The van der Waals surface area contributed by atoms with E-state index < -0.39 is 17.7 Å². The first-order chi connectivity index (χ1) is 8.99. The van der Waals surface area contributed by atoms with Crippen LogP contribution in [0.2, 0.25) is 0 Å². The number of nitrogens with one attached hydrogen (secondary N) is 1. The van der Waals surface area contributed by atoms with Crippen LogP contribution in [-0.2, 0) is 4.79 Å². The van der Waals surface area contributed by atoms with Crippen LogP contribution in [0.3, 0.4) is 0 Å². The van der Waals surface area contributed by atoms with Crippen LogP contribution < -0.4 is 5.32 Å². The van der Waals surface area contributed by atoms with Gasteiger partial charge in [0.1, 0.15) is 0 Å². The van der Waals surface area contributed by atoms with Gasteiger partial charge in [-0.15, -0.1) is 0 Å². The Morgan fingerprint density at radius 1 is 1.26 bits per heavy atom. The summed E-state index contributed by atoms with van der Waals surface area (Å²) in [6.45, 7) is 3.82. The molecule has 0 fully saturated rings. The van der Waals surface area contributed by atoms with E-state index in [0.717, 1.165) is 25.0 Å². The summed E-state index contributed by atoms with van der Waals surface area (Å²) in [6.07, 6.45) is 0.404. The lowest BCUT2D eigenvalue weighted by atomic mass is 10.0. The Morgan fingerprint density at radius 3 is 2.42 bits per heavy atom. The molecule has 1 rings (SSSR count). The fraction of sp³-hybridized carbons (Fsp3) is 0.500. The third kappa shape index (κ3) is 4.28. The lowest BCUT2D eigenvalue weighted by Gasteiger charge is -2.16. The second kappa shape index (κ2) is 7.19. The van der Waals surface area contributed by atoms with Crippen molar-refractivity contribution in [2.75, 3.05) is 6.54 Å². The molecule has 0 saturated carbocycles. The molecule has 106 valence electrons. The maximum atomic E-state index is 13.0. The zero-order valence-electron chi connectivity index (χ0n) is 11.1. The molecule has 3 nitrogen and oxygen atoms in total. The average molecular weight is 271 g/mol. The first kappa shape index (κ1) is 15.6. The van der Waals surface area contributed by atoms with E-state index >= 15 is 0 Å². The fourth-order valence-corrected chi connectivity index (χ4v) is 1.84. The van der Waals surface area contributed by atoms with Gasteiger partial charge in [-0.25, -0.2) is 8.78 Å². The Balaban J connectivity index is 2.57. The van der Waals surface area contributed by atoms with E-state index in [4.69, 9.17) is 0 Å². The molecule has 0 heterocycles. The normalized spacial score (nSPS) is 12.5. The Bertz CT molecular complexity index is 433. The molecule has 0 bridgehead atoms. The quantitative estimate of drug-likeness (QED) is 0.835. The molecular weight excluding hydrogens is 252 g/mol. The minimum atomic E-state index is -1.05. The number of rotatable bonds is 6. The summed E-state index contributed by atoms with van der Waals surface area (Å²) < 4.78 is 25.7. The Labute approximate surface area is 111 Å². The topological polar surface area (TPSA) is 49.3 Å². The number of hydrogen-bond acceptors (Lipinski definition) is 2. The molecule has 0 spiro atoms. The van der Waals surface area contributed by atoms with Gasteiger partial charge in [-0.2, -0.15) is 0 Å². The van der Waals surface area contributed by atoms with Crippen molar-refractivity contribution >= 4 is 5.91 Å². The number of amides is 1. The third-order valence-corrected chi connectivity index (χ3v) is 3.15. The van der Waals surface area contributed by atoms with Gasteiger partial charge < -0.3 is 10.4 Å². The van der Waals surface area contributed by atoms with Gasteiger partial charge in [-0.3, -0.25) is 4.79 Å². The van der Waals surface area contributed by atoms with Gasteiger partial charge >= 0.3 is 0 Å².